The Labute approximate surface area is 136 Å². The molecule has 3 N–H and O–H groups in total. The van der Waals surface area contributed by atoms with Gasteiger partial charge in [0.15, 0.2) is 0 Å². The molecule has 6 heteroatoms. The number of rotatable bonds is 3. The number of nitrogens with zero attached hydrogens (tertiary/aromatic N) is 1. The molecule has 2 fully saturated rings. The Morgan fingerprint density at radius 3 is 2.57 bits per heavy atom. The van der Waals surface area contributed by atoms with E-state index in [-0.39, 0.29) is 18.0 Å². The second kappa shape index (κ2) is 7.00. The largest absolute Gasteiger partial charge is 0.335 e. The normalized spacial score (nSPS) is 21.4. The van der Waals surface area contributed by atoms with Crippen LogP contribution in [0.1, 0.15) is 36.5 Å². The number of carbonyl (C=O) groups is 2. The molecule has 3 amide bonds. The molecule has 1 saturated heterocycles. The quantitative estimate of drug-likeness (QED) is 0.796. The minimum atomic E-state index is -0.176. The van der Waals surface area contributed by atoms with E-state index in [2.05, 4.69) is 16.0 Å². The van der Waals surface area contributed by atoms with Crippen LogP contribution in [0.25, 0.3) is 0 Å². The average molecular weight is 316 g/mol. The van der Waals surface area contributed by atoms with Crippen LogP contribution in [-0.4, -0.2) is 48.6 Å². The minimum Gasteiger partial charge on any atom is -0.335 e. The predicted molar refractivity (Wildman–Crippen MR) is 89.6 cm³/mol. The maximum Gasteiger partial charge on any atom is 0.319 e. The summed E-state index contributed by atoms with van der Waals surface area (Å²) in [6.07, 6.45) is 3.31. The van der Waals surface area contributed by atoms with E-state index in [0.29, 0.717) is 17.3 Å². The van der Waals surface area contributed by atoms with Crippen LogP contribution in [0.2, 0.25) is 0 Å². The zero-order valence-corrected chi connectivity index (χ0v) is 13.5. The summed E-state index contributed by atoms with van der Waals surface area (Å²) in [5.74, 6) is 0.0458. The molecule has 0 aromatic heterocycles. The number of hydrogen-bond acceptors (Lipinski definition) is 3. The highest BCUT2D eigenvalue weighted by atomic mass is 16.2. The molecule has 1 aliphatic carbocycles. The smallest absolute Gasteiger partial charge is 0.319 e. The number of amides is 3. The van der Waals surface area contributed by atoms with E-state index in [1.165, 1.54) is 6.42 Å². The second-order valence-corrected chi connectivity index (χ2v) is 6.36. The number of urea groups is 1. The van der Waals surface area contributed by atoms with Gasteiger partial charge in [-0.05, 0) is 50.5 Å². The van der Waals surface area contributed by atoms with Crippen LogP contribution in [0.3, 0.4) is 0 Å². The van der Waals surface area contributed by atoms with Gasteiger partial charge in [-0.15, -0.1) is 0 Å². The summed E-state index contributed by atoms with van der Waals surface area (Å²) < 4.78 is 0. The summed E-state index contributed by atoms with van der Waals surface area (Å²) in [5.41, 5.74) is 1.36. The van der Waals surface area contributed by atoms with Gasteiger partial charge in [-0.2, -0.15) is 0 Å². The summed E-state index contributed by atoms with van der Waals surface area (Å²) in [6.45, 7) is 4.43. The van der Waals surface area contributed by atoms with Gasteiger partial charge in [0, 0.05) is 43.0 Å². The van der Waals surface area contributed by atoms with Crippen molar-refractivity contribution in [2.75, 3.05) is 25.0 Å². The van der Waals surface area contributed by atoms with Gasteiger partial charge in [-0.25, -0.2) is 4.79 Å². The highest BCUT2D eigenvalue weighted by Gasteiger charge is 2.24. The van der Waals surface area contributed by atoms with E-state index in [9.17, 15) is 9.59 Å². The molecule has 124 valence electrons. The maximum absolute atomic E-state index is 12.5. The molecule has 1 atom stereocenters. The average Bonchev–Trinajstić information content (AvgIpc) is 2.52. The predicted octanol–water partition coefficient (Wildman–Crippen LogP) is 1.79. The molecular formula is C17H24N4O2. The summed E-state index contributed by atoms with van der Waals surface area (Å²) in [5, 5.41) is 9.02. The molecule has 1 saturated carbocycles. The SMILES string of the molecule is C[C@H]1CNCCN1C(=O)c1ccc(NC(=O)NC2CCC2)cc1. The van der Waals surface area contributed by atoms with Gasteiger partial charge in [-0.1, -0.05) is 0 Å². The van der Waals surface area contributed by atoms with E-state index in [1.807, 2.05) is 11.8 Å². The van der Waals surface area contributed by atoms with E-state index in [1.54, 1.807) is 24.3 Å². The number of piperazine rings is 1. The first kappa shape index (κ1) is 15.8. The number of carbonyl (C=O) groups excluding carboxylic acids is 2. The third kappa shape index (κ3) is 3.82. The fourth-order valence-electron chi connectivity index (χ4n) is 2.91. The zero-order chi connectivity index (χ0) is 16.2. The maximum atomic E-state index is 12.5. The van der Waals surface area contributed by atoms with Crippen molar-refractivity contribution < 1.29 is 9.59 Å². The van der Waals surface area contributed by atoms with Crippen LogP contribution in [0.15, 0.2) is 24.3 Å². The van der Waals surface area contributed by atoms with Crippen LogP contribution >= 0.6 is 0 Å². The van der Waals surface area contributed by atoms with Gasteiger partial charge in [0.25, 0.3) is 5.91 Å². The lowest BCUT2D eigenvalue weighted by atomic mass is 9.93. The number of benzene rings is 1. The fourth-order valence-corrected chi connectivity index (χ4v) is 2.91. The van der Waals surface area contributed by atoms with E-state index in [4.69, 9.17) is 0 Å². The monoisotopic (exact) mass is 316 g/mol. The Balaban J connectivity index is 1.57. The Morgan fingerprint density at radius 2 is 1.96 bits per heavy atom. The number of hydrogen-bond donors (Lipinski definition) is 3. The molecule has 6 nitrogen and oxygen atoms in total. The Morgan fingerprint density at radius 1 is 1.22 bits per heavy atom. The summed E-state index contributed by atoms with van der Waals surface area (Å²) in [7, 11) is 0. The standard InChI is InChI=1S/C17H24N4O2/c1-12-11-18-9-10-21(12)16(22)13-5-7-15(8-6-13)20-17(23)19-14-3-2-4-14/h5-8,12,14,18H,2-4,9-11H2,1H3,(H2,19,20,23)/t12-/m0/s1. The van der Waals surface area contributed by atoms with E-state index in [0.717, 1.165) is 32.5 Å². The van der Waals surface area contributed by atoms with Gasteiger partial charge in [-0.3, -0.25) is 4.79 Å². The van der Waals surface area contributed by atoms with Crippen LogP contribution in [0.4, 0.5) is 10.5 Å². The lowest BCUT2D eigenvalue weighted by Gasteiger charge is -2.34. The van der Waals surface area contributed by atoms with Crippen LogP contribution in [0, 0.1) is 0 Å². The first-order chi connectivity index (χ1) is 11.1. The third-order valence-electron chi connectivity index (χ3n) is 4.59. The highest BCUT2D eigenvalue weighted by molar-refractivity contribution is 5.95. The number of nitrogens with one attached hydrogen (secondary N) is 3. The molecule has 0 unspecified atom stereocenters. The van der Waals surface area contributed by atoms with Crippen molar-refractivity contribution in [1.29, 1.82) is 0 Å². The van der Waals surface area contributed by atoms with Crippen molar-refractivity contribution in [3.05, 3.63) is 29.8 Å². The Kier molecular flexibility index (Phi) is 4.81. The minimum absolute atomic E-state index is 0.0458. The van der Waals surface area contributed by atoms with Gasteiger partial charge >= 0.3 is 6.03 Å². The fraction of sp³-hybridized carbons (Fsp3) is 0.529. The van der Waals surface area contributed by atoms with Gasteiger partial charge in [0.05, 0.1) is 0 Å². The number of anilines is 1. The van der Waals surface area contributed by atoms with Gasteiger partial charge in [0.2, 0.25) is 0 Å². The first-order valence-corrected chi connectivity index (χ1v) is 8.33. The topological polar surface area (TPSA) is 73.5 Å². The molecule has 1 aromatic rings. The van der Waals surface area contributed by atoms with Gasteiger partial charge < -0.3 is 20.9 Å². The molecule has 0 radical (unpaired) electrons. The van der Waals surface area contributed by atoms with E-state index >= 15 is 0 Å². The van der Waals surface area contributed by atoms with Crippen molar-refractivity contribution >= 4 is 17.6 Å². The van der Waals surface area contributed by atoms with Crippen molar-refractivity contribution in [2.45, 2.75) is 38.3 Å². The molecular weight excluding hydrogens is 292 g/mol. The molecule has 1 aliphatic heterocycles. The Bertz CT molecular complexity index is 568. The zero-order valence-electron chi connectivity index (χ0n) is 13.5. The van der Waals surface area contributed by atoms with Crippen molar-refractivity contribution in [1.82, 2.24) is 15.5 Å². The lowest BCUT2D eigenvalue weighted by Crippen LogP contribution is -2.52. The molecule has 3 rings (SSSR count). The summed E-state index contributed by atoms with van der Waals surface area (Å²) >= 11 is 0. The summed E-state index contributed by atoms with van der Waals surface area (Å²) in [6, 6.07) is 7.43. The van der Waals surface area contributed by atoms with Crippen LogP contribution < -0.4 is 16.0 Å². The van der Waals surface area contributed by atoms with Crippen LogP contribution in [0.5, 0.6) is 0 Å². The van der Waals surface area contributed by atoms with Crippen molar-refractivity contribution in [2.24, 2.45) is 0 Å². The summed E-state index contributed by atoms with van der Waals surface area (Å²) in [4.78, 5) is 26.2. The Hall–Kier alpha value is -2.08. The molecule has 1 aromatic carbocycles. The van der Waals surface area contributed by atoms with Crippen LogP contribution in [-0.2, 0) is 0 Å². The van der Waals surface area contributed by atoms with Crippen molar-refractivity contribution in [3.8, 4) is 0 Å². The molecule has 0 bridgehead atoms. The molecule has 23 heavy (non-hydrogen) atoms. The highest BCUT2D eigenvalue weighted by Crippen LogP contribution is 2.18. The van der Waals surface area contributed by atoms with E-state index < -0.39 is 0 Å². The molecule has 0 spiro atoms. The molecule has 1 heterocycles. The van der Waals surface area contributed by atoms with Crippen molar-refractivity contribution in [3.63, 3.8) is 0 Å². The second-order valence-electron chi connectivity index (χ2n) is 6.36. The van der Waals surface area contributed by atoms with Gasteiger partial charge in [0.1, 0.15) is 0 Å². The lowest BCUT2D eigenvalue weighted by molar-refractivity contribution is 0.0656. The molecule has 2 aliphatic rings. The third-order valence-corrected chi connectivity index (χ3v) is 4.59. The first-order valence-electron chi connectivity index (χ1n) is 8.33.